The lowest BCUT2D eigenvalue weighted by Crippen LogP contribution is -2.36. The number of hydrogen-bond acceptors (Lipinski definition) is 2. The molecule has 2 N–H and O–H groups in total. The second kappa shape index (κ2) is 6.95. The predicted octanol–water partition coefficient (Wildman–Crippen LogP) is 3.92. The summed E-state index contributed by atoms with van der Waals surface area (Å²) in [5, 5.41) is 0.241. The molecule has 1 aromatic carbocycles. The minimum atomic E-state index is -5.01. The third-order valence-corrected chi connectivity index (χ3v) is 2.90. The molecule has 0 heterocycles. The van der Waals surface area contributed by atoms with E-state index in [0.29, 0.717) is 5.03 Å². The van der Waals surface area contributed by atoms with Crippen LogP contribution in [0.5, 0.6) is 5.75 Å². The molecule has 0 radical (unpaired) electrons. The second-order valence-corrected chi connectivity index (χ2v) is 4.73. The van der Waals surface area contributed by atoms with Gasteiger partial charge in [-0.3, -0.25) is 0 Å². The van der Waals surface area contributed by atoms with E-state index in [2.05, 4.69) is 4.74 Å². The van der Waals surface area contributed by atoms with Gasteiger partial charge in [-0.05, 0) is 31.3 Å². The SMILES string of the molecule is C/C=C(\Cl)CN(C(N)=S)c1ccc(F)c(OC(F)(F)F)c1. The molecule has 21 heavy (non-hydrogen) atoms. The molecule has 0 saturated carbocycles. The molecule has 0 fully saturated rings. The van der Waals surface area contributed by atoms with Crippen LogP contribution in [0.15, 0.2) is 29.3 Å². The highest BCUT2D eigenvalue weighted by molar-refractivity contribution is 7.80. The van der Waals surface area contributed by atoms with Gasteiger partial charge < -0.3 is 15.4 Å². The molecule has 0 aliphatic rings. The summed E-state index contributed by atoms with van der Waals surface area (Å²) in [7, 11) is 0. The van der Waals surface area contributed by atoms with Crippen LogP contribution >= 0.6 is 23.8 Å². The zero-order chi connectivity index (χ0) is 16.2. The summed E-state index contributed by atoms with van der Waals surface area (Å²) in [6, 6.07) is 2.89. The average Bonchev–Trinajstić information content (AvgIpc) is 2.36. The highest BCUT2D eigenvalue weighted by Crippen LogP contribution is 2.30. The molecule has 0 aromatic heterocycles. The molecule has 0 bridgehead atoms. The topological polar surface area (TPSA) is 38.5 Å². The molecule has 0 atom stereocenters. The first-order chi connectivity index (χ1) is 9.64. The Balaban J connectivity index is 3.16. The molecular formula is C12H11ClF4N2OS. The van der Waals surface area contributed by atoms with Crippen LogP contribution in [0.4, 0.5) is 23.2 Å². The molecule has 3 nitrogen and oxygen atoms in total. The Morgan fingerprint density at radius 3 is 2.57 bits per heavy atom. The van der Waals surface area contributed by atoms with Crippen LogP contribution in [0.3, 0.4) is 0 Å². The summed E-state index contributed by atoms with van der Waals surface area (Å²) in [5.74, 6) is -2.13. The van der Waals surface area contributed by atoms with E-state index in [1.165, 1.54) is 11.0 Å². The van der Waals surface area contributed by atoms with Crippen LogP contribution in [0.25, 0.3) is 0 Å². The molecule has 0 spiro atoms. The Bertz CT molecular complexity index is 563. The van der Waals surface area contributed by atoms with E-state index >= 15 is 0 Å². The van der Waals surface area contributed by atoms with Crippen LogP contribution < -0.4 is 15.4 Å². The van der Waals surface area contributed by atoms with E-state index < -0.39 is 17.9 Å². The number of nitrogens with zero attached hydrogens (tertiary/aromatic N) is 1. The van der Waals surface area contributed by atoms with Crippen molar-refractivity contribution < 1.29 is 22.3 Å². The molecular weight excluding hydrogens is 332 g/mol. The van der Waals surface area contributed by atoms with Crippen molar-refractivity contribution >= 4 is 34.6 Å². The molecule has 0 amide bonds. The highest BCUT2D eigenvalue weighted by Gasteiger charge is 2.32. The van der Waals surface area contributed by atoms with Gasteiger partial charge in [0.25, 0.3) is 0 Å². The summed E-state index contributed by atoms with van der Waals surface area (Å²) in [4.78, 5) is 1.25. The summed E-state index contributed by atoms with van der Waals surface area (Å²) < 4.78 is 53.5. The van der Waals surface area contributed by atoms with Gasteiger partial charge in [-0.25, -0.2) is 4.39 Å². The molecule has 0 aliphatic heterocycles. The van der Waals surface area contributed by atoms with E-state index in [1.54, 1.807) is 13.0 Å². The van der Waals surface area contributed by atoms with Crippen molar-refractivity contribution in [1.82, 2.24) is 0 Å². The van der Waals surface area contributed by atoms with Gasteiger partial charge in [-0.2, -0.15) is 0 Å². The Morgan fingerprint density at radius 2 is 2.10 bits per heavy atom. The molecule has 0 unspecified atom stereocenters. The molecule has 0 aliphatic carbocycles. The van der Waals surface area contributed by atoms with Crippen molar-refractivity contribution in [1.29, 1.82) is 0 Å². The minimum absolute atomic E-state index is 0.0461. The smallest absolute Gasteiger partial charge is 0.403 e. The molecule has 1 rings (SSSR count). The van der Waals surface area contributed by atoms with E-state index in [1.807, 2.05) is 0 Å². The fraction of sp³-hybridized carbons (Fsp3) is 0.250. The van der Waals surface area contributed by atoms with Crippen LogP contribution in [-0.2, 0) is 0 Å². The zero-order valence-corrected chi connectivity index (χ0v) is 12.3. The number of ether oxygens (including phenoxy) is 1. The van der Waals surface area contributed by atoms with Gasteiger partial charge in [0.15, 0.2) is 16.7 Å². The van der Waals surface area contributed by atoms with Crippen molar-refractivity contribution in [3.05, 3.63) is 35.1 Å². The van der Waals surface area contributed by atoms with Crippen LogP contribution in [0, 0.1) is 5.82 Å². The van der Waals surface area contributed by atoms with Gasteiger partial charge in [-0.1, -0.05) is 17.7 Å². The maximum Gasteiger partial charge on any atom is 0.573 e. The summed E-state index contributed by atoms with van der Waals surface area (Å²) in [6.45, 7) is 1.72. The summed E-state index contributed by atoms with van der Waals surface area (Å²) in [6.07, 6.45) is -3.43. The monoisotopic (exact) mass is 342 g/mol. The van der Waals surface area contributed by atoms with Crippen LogP contribution in [0.1, 0.15) is 6.92 Å². The number of anilines is 1. The number of benzene rings is 1. The Labute approximate surface area is 128 Å². The Hall–Kier alpha value is -1.54. The maximum absolute atomic E-state index is 13.3. The van der Waals surface area contributed by atoms with E-state index in [0.717, 1.165) is 12.1 Å². The number of halogens is 5. The largest absolute Gasteiger partial charge is 0.573 e. The number of thiocarbonyl (C=S) groups is 1. The van der Waals surface area contributed by atoms with E-state index in [4.69, 9.17) is 29.6 Å². The summed E-state index contributed by atoms with van der Waals surface area (Å²) in [5.41, 5.74) is 5.63. The lowest BCUT2D eigenvalue weighted by atomic mass is 10.2. The van der Waals surface area contributed by atoms with Gasteiger partial charge in [0, 0.05) is 16.8 Å². The second-order valence-electron chi connectivity index (χ2n) is 3.82. The van der Waals surface area contributed by atoms with Crippen LogP contribution in [-0.4, -0.2) is 18.0 Å². The normalized spacial score (nSPS) is 12.2. The number of alkyl halides is 3. The van der Waals surface area contributed by atoms with Gasteiger partial charge in [0.05, 0.1) is 6.54 Å². The third kappa shape index (κ3) is 5.39. The van der Waals surface area contributed by atoms with E-state index in [9.17, 15) is 17.6 Å². The van der Waals surface area contributed by atoms with Crippen molar-refractivity contribution in [2.45, 2.75) is 13.3 Å². The Morgan fingerprint density at radius 1 is 1.48 bits per heavy atom. The van der Waals surface area contributed by atoms with Gasteiger partial charge in [0.2, 0.25) is 0 Å². The third-order valence-electron chi connectivity index (χ3n) is 2.34. The van der Waals surface area contributed by atoms with Crippen molar-refractivity contribution in [3.8, 4) is 5.75 Å². The van der Waals surface area contributed by atoms with Gasteiger partial charge in [0.1, 0.15) is 0 Å². The van der Waals surface area contributed by atoms with Gasteiger partial charge in [-0.15, -0.1) is 13.2 Å². The predicted molar refractivity (Wildman–Crippen MR) is 76.8 cm³/mol. The lowest BCUT2D eigenvalue weighted by molar-refractivity contribution is -0.275. The average molecular weight is 343 g/mol. The Kier molecular flexibility index (Phi) is 5.79. The standard InChI is InChI=1S/C12H11ClF4N2OS/c1-2-7(13)6-19(11(18)21)8-3-4-9(14)10(5-8)20-12(15,16)17/h2-5H,6H2,1H3,(H2,18,21)/b7-2-. The van der Waals surface area contributed by atoms with Crippen LogP contribution in [0.2, 0.25) is 0 Å². The molecule has 1 aromatic rings. The fourth-order valence-corrected chi connectivity index (χ4v) is 1.69. The zero-order valence-electron chi connectivity index (χ0n) is 10.7. The quantitative estimate of drug-likeness (QED) is 0.665. The first kappa shape index (κ1) is 17.5. The summed E-state index contributed by atoms with van der Waals surface area (Å²) >= 11 is 10.7. The fourth-order valence-electron chi connectivity index (χ4n) is 1.40. The lowest BCUT2D eigenvalue weighted by Gasteiger charge is -2.23. The number of hydrogen-bond donors (Lipinski definition) is 1. The first-order valence-electron chi connectivity index (χ1n) is 5.57. The molecule has 9 heteroatoms. The first-order valence-corrected chi connectivity index (χ1v) is 6.35. The maximum atomic E-state index is 13.3. The van der Waals surface area contributed by atoms with Crippen molar-refractivity contribution in [2.24, 2.45) is 5.73 Å². The molecule has 0 saturated heterocycles. The number of allylic oxidation sites excluding steroid dienone is 1. The van der Waals surface area contributed by atoms with Crippen molar-refractivity contribution in [3.63, 3.8) is 0 Å². The van der Waals surface area contributed by atoms with Gasteiger partial charge >= 0.3 is 6.36 Å². The van der Waals surface area contributed by atoms with E-state index in [-0.39, 0.29) is 17.3 Å². The molecule has 116 valence electrons. The highest BCUT2D eigenvalue weighted by atomic mass is 35.5. The minimum Gasteiger partial charge on any atom is -0.403 e. The number of nitrogens with two attached hydrogens (primary N) is 1. The number of rotatable bonds is 4. The van der Waals surface area contributed by atoms with Crippen molar-refractivity contribution in [2.75, 3.05) is 11.4 Å².